The number of thiophene rings is 1. The van der Waals surface area contributed by atoms with E-state index in [-0.39, 0.29) is 0 Å². The number of nitrogens with one attached hydrogen (secondary N) is 1. The Morgan fingerprint density at radius 3 is 3.00 bits per heavy atom. The topological polar surface area (TPSA) is 64.3 Å². The fourth-order valence-electron chi connectivity index (χ4n) is 4.56. The highest BCUT2D eigenvalue weighted by atomic mass is 32.1. The van der Waals surface area contributed by atoms with Crippen LogP contribution >= 0.6 is 11.3 Å². The summed E-state index contributed by atoms with van der Waals surface area (Å²) in [4.78, 5) is 10.7. The number of fused-ring (bicyclic) bond motifs is 2. The number of nitrogens with zero attached hydrogens (tertiary/aromatic N) is 4. The minimum absolute atomic E-state index is 0.441. The van der Waals surface area contributed by atoms with Gasteiger partial charge in [0.15, 0.2) is 11.4 Å². The molecule has 1 spiro atoms. The summed E-state index contributed by atoms with van der Waals surface area (Å²) in [5.41, 5.74) is 5.03. The number of pyridine rings is 1. The van der Waals surface area contributed by atoms with Crippen LogP contribution in [0.25, 0.3) is 27.1 Å². The summed E-state index contributed by atoms with van der Waals surface area (Å²) in [5, 5.41) is 8.46. The molecule has 1 atom stereocenters. The van der Waals surface area contributed by atoms with E-state index in [1.54, 1.807) is 11.6 Å². The molecule has 1 aliphatic heterocycles. The first kappa shape index (κ1) is 17.4. The zero-order valence-electron chi connectivity index (χ0n) is 16.6. The minimum Gasteiger partial charge on any atom is -0.493 e. The van der Waals surface area contributed by atoms with Crippen LogP contribution in [0.3, 0.4) is 0 Å². The normalized spacial score (nSPS) is 20.6. The lowest BCUT2D eigenvalue weighted by atomic mass is 9.89. The number of hydrogen-bond donors (Lipinski definition) is 1. The smallest absolute Gasteiger partial charge is 0.196 e. The van der Waals surface area contributed by atoms with E-state index in [1.165, 1.54) is 35.3 Å². The van der Waals surface area contributed by atoms with Gasteiger partial charge in [-0.1, -0.05) is 0 Å². The van der Waals surface area contributed by atoms with Gasteiger partial charge in [-0.15, -0.1) is 11.3 Å². The molecule has 4 aromatic heterocycles. The molecule has 148 valence electrons. The van der Waals surface area contributed by atoms with Gasteiger partial charge in [0.25, 0.3) is 0 Å². The van der Waals surface area contributed by atoms with Gasteiger partial charge in [0.1, 0.15) is 0 Å². The van der Waals surface area contributed by atoms with Crippen LogP contribution in [-0.2, 0) is 0 Å². The fourth-order valence-corrected chi connectivity index (χ4v) is 5.76. The number of hydrogen-bond acceptors (Lipinski definition) is 6. The van der Waals surface area contributed by atoms with Gasteiger partial charge in [-0.3, -0.25) is 4.98 Å². The van der Waals surface area contributed by atoms with Crippen molar-refractivity contribution in [1.29, 1.82) is 0 Å². The van der Waals surface area contributed by atoms with E-state index in [1.807, 2.05) is 36.7 Å². The number of ether oxygens (including phenoxy) is 1. The van der Waals surface area contributed by atoms with E-state index >= 15 is 0 Å². The van der Waals surface area contributed by atoms with Crippen molar-refractivity contribution in [3.05, 3.63) is 41.2 Å². The van der Waals surface area contributed by atoms with Crippen LogP contribution in [0.1, 0.15) is 42.2 Å². The van der Waals surface area contributed by atoms with Crippen molar-refractivity contribution in [2.75, 3.05) is 13.7 Å². The second-order valence-corrected chi connectivity index (χ2v) is 9.52. The first-order valence-corrected chi connectivity index (χ1v) is 11.0. The Labute approximate surface area is 172 Å². The number of rotatable bonds is 3. The SMILES string of the molecule is COc1cc(-c2cnc3cc([C@@H]4CCNC5(CC5)C4)sc3c2)nn2cc(C)nc12. The van der Waals surface area contributed by atoms with Crippen molar-refractivity contribution >= 4 is 27.2 Å². The molecule has 2 aliphatic rings. The second kappa shape index (κ2) is 6.24. The molecule has 6 rings (SSSR count). The van der Waals surface area contributed by atoms with Crippen molar-refractivity contribution in [2.45, 2.75) is 44.1 Å². The monoisotopic (exact) mass is 405 g/mol. The Morgan fingerprint density at radius 2 is 2.17 bits per heavy atom. The molecule has 7 heteroatoms. The Hall–Kier alpha value is -2.51. The van der Waals surface area contributed by atoms with Crippen molar-refractivity contribution in [3.8, 4) is 17.0 Å². The summed E-state index contributed by atoms with van der Waals surface area (Å²) >= 11 is 1.89. The largest absolute Gasteiger partial charge is 0.493 e. The Morgan fingerprint density at radius 1 is 1.28 bits per heavy atom. The van der Waals surface area contributed by atoms with Crippen LogP contribution < -0.4 is 10.1 Å². The maximum atomic E-state index is 5.55. The lowest BCUT2D eigenvalue weighted by Crippen LogP contribution is -2.39. The summed E-state index contributed by atoms with van der Waals surface area (Å²) in [6, 6.07) is 6.46. The molecule has 0 aromatic carbocycles. The molecular formula is C22H23N5OS. The molecule has 4 aromatic rings. The van der Waals surface area contributed by atoms with Gasteiger partial charge in [-0.05, 0) is 57.2 Å². The standard InChI is InChI=1S/C22H23N5OS/c1-13-12-27-21(25-13)18(28-2)8-16(26-27)15-7-20-17(23-11-15)9-19(29-20)14-3-6-24-22(10-14)4-5-22/h7-9,11-12,14,24H,3-6,10H2,1-2H3/t14-/m1/s1. The van der Waals surface area contributed by atoms with Crippen molar-refractivity contribution in [3.63, 3.8) is 0 Å². The predicted molar refractivity (Wildman–Crippen MR) is 115 cm³/mol. The van der Waals surface area contributed by atoms with E-state index in [0.29, 0.717) is 11.5 Å². The van der Waals surface area contributed by atoms with E-state index in [9.17, 15) is 0 Å². The number of aryl methyl sites for hydroxylation is 1. The van der Waals surface area contributed by atoms with Gasteiger partial charge < -0.3 is 10.1 Å². The summed E-state index contributed by atoms with van der Waals surface area (Å²) in [6.45, 7) is 3.09. The van der Waals surface area contributed by atoms with Gasteiger partial charge in [0, 0.05) is 28.2 Å². The molecule has 1 aliphatic carbocycles. The molecule has 1 saturated carbocycles. The molecule has 0 amide bonds. The second-order valence-electron chi connectivity index (χ2n) is 8.40. The molecule has 1 N–H and O–H groups in total. The molecular weight excluding hydrogens is 382 g/mol. The molecule has 2 fully saturated rings. The van der Waals surface area contributed by atoms with E-state index in [4.69, 9.17) is 14.8 Å². The summed E-state index contributed by atoms with van der Waals surface area (Å²) in [7, 11) is 1.67. The fraction of sp³-hybridized carbons (Fsp3) is 0.409. The van der Waals surface area contributed by atoms with Crippen molar-refractivity contribution < 1.29 is 4.74 Å². The van der Waals surface area contributed by atoms with E-state index in [0.717, 1.165) is 40.4 Å². The van der Waals surface area contributed by atoms with Crippen molar-refractivity contribution in [1.82, 2.24) is 24.9 Å². The summed E-state index contributed by atoms with van der Waals surface area (Å²) in [6.07, 6.45) is 8.99. The average Bonchev–Trinajstić information content (AvgIpc) is 3.16. The Bertz CT molecular complexity index is 1240. The molecule has 29 heavy (non-hydrogen) atoms. The number of imidazole rings is 1. The van der Waals surface area contributed by atoms with E-state index in [2.05, 4.69) is 22.4 Å². The van der Waals surface area contributed by atoms with Crippen LogP contribution in [0, 0.1) is 6.92 Å². The summed E-state index contributed by atoms with van der Waals surface area (Å²) in [5.74, 6) is 1.38. The van der Waals surface area contributed by atoms with Gasteiger partial charge in [0.2, 0.25) is 0 Å². The molecule has 0 radical (unpaired) electrons. The van der Waals surface area contributed by atoms with Crippen LogP contribution in [0.5, 0.6) is 5.75 Å². The number of methoxy groups -OCH3 is 1. The third kappa shape index (κ3) is 2.91. The molecule has 5 heterocycles. The van der Waals surface area contributed by atoms with Crippen LogP contribution in [0.4, 0.5) is 0 Å². The zero-order valence-corrected chi connectivity index (χ0v) is 17.4. The summed E-state index contributed by atoms with van der Waals surface area (Å²) < 4.78 is 8.57. The molecule has 0 bridgehead atoms. The number of piperidine rings is 1. The van der Waals surface area contributed by atoms with Gasteiger partial charge in [-0.2, -0.15) is 5.10 Å². The third-order valence-electron chi connectivity index (χ3n) is 6.30. The van der Waals surface area contributed by atoms with Crippen LogP contribution in [-0.4, -0.2) is 38.8 Å². The zero-order chi connectivity index (χ0) is 19.6. The Balaban J connectivity index is 1.39. The van der Waals surface area contributed by atoms with Gasteiger partial charge in [0.05, 0.1) is 34.9 Å². The van der Waals surface area contributed by atoms with Crippen LogP contribution in [0.15, 0.2) is 30.6 Å². The highest BCUT2D eigenvalue weighted by molar-refractivity contribution is 7.19. The Kier molecular flexibility index (Phi) is 3.74. The lowest BCUT2D eigenvalue weighted by Gasteiger charge is -2.29. The highest BCUT2D eigenvalue weighted by Crippen LogP contribution is 2.48. The predicted octanol–water partition coefficient (Wildman–Crippen LogP) is 4.32. The van der Waals surface area contributed by atoms with Gasteiger partial charge in [-0.25, -0.2) is 9.50 Å². The lowest BCUT2D eigenvalue weighted by molar-refractivity contribution is 0.349. The highest BCUT2D eigenvalue weighted by Gasteiger charge is 2.46. The first-order valence-electron chi connectivity index (χ1n) is 10.2. The first-order chi connectivity index (χ1) is 14.1. The number of aromatic nitrogens is 4. The quantitative estimate of drug-likeness (QED) is 0.550. The molecule has 0 unspecified atom stereocenters. The molecule has 6 nitrogen and oxygen atoms in total. The maximum absolute atomic E-state index is 5.55. The van der Waals surface area contributed by atoms with Crippen LogP contribution in [0.2, 0.25) is 0 Å². The van der Waals surface area contributed by atoms with E-state index < -0.39 is 0 Å². The minimum atomic E-state index is 0.441. The molecule has 1 saturated heterocycles. The van der Waals surface area contributed by atoms with Gasteiger partial charge >= 0.3 is 0 Å². The van der Waals surface area contributed by atoms with Crippen molar-refractivity contribution in [2.24, 2.45) is 0 Å². The average molecular weight is 406 g/mol. The third-order valence-corrected chi connectivity index (χ3v) is 7.54. The maximum Gasteiger partial charge on any atom is 0.196 e.